The fourth-order valence-electron chi connectivity index (χ4n) is 2.49. The van der Waals surface area contributed by atoms with Crippen molar-refractivity contribution in [2.75, 3.05) is 13.7 Å². The Morgan fingerprint density at radius 1 is 1.39 bits per heavy atom. The molecule has 0 aliphatic carbocycles. The van der Waals surface area contributed by atoms with Crippen LogP contribution in [0.3, 0.4) is 0 Å². The first-order valence-electron chi connectivity index (χ1n) is 7.91. The van der Waals surface area contributed by atoms with Gasteiger partial charge in [-0.15, -0.1) is 0 Å². The fourth-order valence-corrected chi connectivity index (χ4v) is 2.93. The summed E-state index contributed by atoms with van der Waals surface area (Å²) in [5.74, 6) is -0.684. The van der Waals surface area contributed by atoms with E-state index in [1.165, 1.54) is 25.3 Å². The van der Waals surface area contributed by atoms with Gasteiger partial charge in [0.2, 0.25) is 0 Å². The van der Waals surface area contributed by atoms with Crippen LogP contribution in [0.4, 0.5) is 4.39 Å². The van der Waals surface area contributed by atoms with Crippen molar-refractivity contribution in [2.45, 2.75) is 0 Å². The normalized spacial score (nSPS) is 11.3. The number of fused-ring (bicyclic) bond motifs is 1. The molecule has 2 aromatic carbocycles. The van der Waals surface area contributed by atoms with Crippen LogP contribution in [-0.4, -0.2) is 34.8 Å². The number of aromatic amines is 1. The van der Waals surface area contributed by atoms with Crippen molar-refractivity contribution in [2.24, 2.45) is 0 Å². The van der Waals surface area contributed by atoms with E-state index in [4.69, 9.17) is 14.6 Å². The fraction of sp³-hybridized carbons (Fsp3) is 0.105. The second-order valence-electron chi connectivity index (χ2n) is 5.62. The molecule has 0 fully saturated rings. The minimum Gasteiger partial charge on any atom is -0.493 e. The average molecular weight is 446 g/mol. The third kappa shape index (κ3) is 4.13. The summed E-state index contributed by atoms with van der Waals surface area (Å²) < 4.78 is 24.4. The minimum absolute atomic E-state index is 0.221. The maximum absolute atomic E-state index is 13.4. The molecule has 0 saturated carbocycles. The standard InChI is InChI=1S/C19H13BrFN3O4/c1-27-16-5-10(13(20)7-17(16)28-9-18(25)26)4-11(8-22)19-23-14-3-2-12(21)6-15(14)24-19/h2-7H,9H2,1H3,(H,23,24)(H,25,26)/b11-4-. The molecule has 3 aromatic rings. The lowest BCUT2D eigenvalue weighted by molar-refractivity contribution is -0.139. The molecule has 0 amide bonds. The average Bonchev–Trinajstić information content (AvgIpc) is 3.08. The monoisotopic (exact) mass is 445 g/mol. The number of carboxylic acids is 1. The number of imidazole rings is 1. The third-order valence-electron chi connectivity index (χ3n) is 3.75. The Hall–Kier alpha value is -3.38. The van der Waals surface area contributed by atoms with Gasteiger partial charge in [0.25, 0.3) is 0 Å². The molecule has 1 heterocycles. The number of carboxylic acid groups (broad SMARTS) is 1. The van der Waals surface area contributed by atoms with Crippen molar-refractivity contribution in [3.05, 3.63) is 52.0 Å². The van der Waals surface area contributed by atoms with Crippen molar-refractivity contribution < 1.29 is 23.8 Å². The summed E-state index contributed by atoms with van der Waals surface area (Å²) in [6, 6.07) is 9.33. The molecular formula is C19H13BrFN3O4. The van der Waals surface area contributed by atoms with Gasteiger partial charge < -0.3 is 19.6 Å². The van der Waals surface area contributed by atoms with Gasteiger partial charge in [0.05, 0.1) is 23.7 Å². The summed E-state index contributed by atoms with van der Waals surface area (Å²) >= 11 is 3.37. The van der Waals surface area contributed by atoms with Gasteiger partial charge in [-0.1, -0.05) is 15.9 Å². The lowest BCUT2D eigenvalue weighted by atomic mass is 10.1. The van der Waals surface area contributed by atoms with E-state index in [0.717, 1.165) is 0 Å². The van der Waals surface area contributed by atoms with Gasteiger partial charge >= 0.3 is 5.97 Å². The van der Waals surface area contributed by atoms with E-state index in [9.17, 15) is 14.4 Å². The molecule has 0 aliphatic heterocycles. The molecule has 2 N–H and O–H groups in total. The Morgan fingerprint density at radius 3 is 2.86 bits per heavy atom. The number of ether oxygens (including phenoxy) is 2. The molecule has 0 unspecified atom stereocenters. The number of nitrogens with one attached hydrogen (secondary N) is 1. The zero-order valence-electron chi connectivity index (χ0n) is 14.5. The van der Waals surface area contributed by atoms with Crippen LogP contribution in [0.5, 0.6) is 11.5 Å². The Kier molecular flexibility index (Phi) is 5.61. The van der Waals surface area contributed by atoms with Crippen molar-refractivity contribution in [1.82, 2.24) is 9.97 Å². The highest BCUT2D eigenvalue weighted by Gasteiger charge is 2.14. The zero-order valence-corrected chi connectivity index (χ0v) is 16.1. The second kappa shape index (κ2) is 8.10. The quantitative estimate of drug-likeness (QED) is 0.555. The Bertz CT molecular complexity index is 1130. The maximum atomic E-state index is 13.4. The number of nitriles is 1. The zero-order chi connectivity index (χ0) is 20.3. The molecule has 28 heavy (non-hydrogen) atoms. The van der Waals surface area contributed by atoms with Crippen molar-refractivity contribution >= 4 is 44.6 Å². The van der Waals surface area contributed by atoms with Gasteiger partial charge in [0.15, 0.2) is 18.1 Å². The lowest BCUT2D eigenvalue weighted by Gasteiger charge is -2.11. The predicted molar refractivity (Wildman–Crippen MR) is 103 cm³/mol. The third-order valence-corrected chi connectivity index (χ3v) is 4.44. The molecule has 9 heteroatoms. The topological polar surface area (TPSA) is 108 Å². The smallest absolute Gasteiger partial charge is 0.341 e. The number of nitrogens with zero attached hydrogens (tertiary/aromatic N) is 2. The van der Waals surface area contributed by atoms with E-state index >= 15 is 0 Å². The Labute approximate surface area is 167 Å². The number of aromatic nitrogens is 2. The van der Waals surface area contributed by atoms with Crippen molar-refractivity contribution in [3.63, 3.8) is 0 Å². The highest BCUT2D eigenvalue weighted by atomic mass is 79.9. The second-order valence-corrected chi connectivity index (χ2v) is 6.48. The van der Waals surface area contributed by atoms with E-state index in [0.29, 0.717) is 32.6 Å². The molecule has 0 radical (unpaired) electrons. The molecule has 3 rings (SSSR count). The largest absolute Gasteiger partial charge is 0.493 e. The highest BCUT2D eigenvalue weighted by Crippen LogP contribution is 2.35. The van der Waals surface area contributed by atoms with Crippen LogP contribution >= 0.6 is 15.9 Å². The Balaban J connectivity index is 2.01. The summed E-state index contributed by atoms with van der Waals surface area (Å²) in [6.45, 7) is -0.517. The maximum Gasteiger partial charge on any atom is 0.341 e. The first-order chi connectivity index (χ1) is 13.4. The number of H-pyrrole nitrogens is 1. The summed E-state index contributed by atoms with van der Waals surface area (Å²) in [7, 11) is 1.42. The minimum atomic E-state index is -1.12. The van der Waals surface area contributed by atoms with Crippen molar-refractivity contribution in [1.29, 1.82) is 5.26 Å². The van der Waals surface area contributed by atoms with Gasteiger partial charge in [-0.2, -0.15) is 5.26 Å². The van der Waals surface area contributed by atoms with Crippen LogP contribution in [-0.2, 0) is 4.79 Å². The van der Waals surface area contributed by atoms with E-state index in [1.807, 2.05) is 0 Å². The summed E-state index contributed by atoms with van der Waals surface area (Å²) in [5.41, 5.74) is 1.82. The van der Waals surface area contributed by atoms with Crippen LogP contribution in [0.15, 0.2) is 34.8 Å². The number of hydrogen-bond acceptors (Lipinski definition) is 5. The number of hydrogen-bond donors (Lipinski definition) is 2. The number of aliphatic carboxylic acids is 1. The molecule has 142 valence electrons. The van der Waals surface area contributed by atoms with Gasteiger partial charge in [-0.05, 0) is 42.0 Å². The summed E-state index contributed by atoms with van der Waals surface area (Å²) in [5, 5.41) is 18.3. The molecular weight excluding hydrogens is 433 g/mol. The number of allylic oxidation sites excluding steroid dienone is 1. The van der Waals surface area contributed by atoms with E-state index in [1.54, 1.807) is 18.2 Å². The molecule has 0 saturated heterocycles. The molecule has 7 nitrogen and oxygen atoms in total. The molecule has 1 aromatic heterocycles. The van der Waals surface area contributed by atoms with Gasteiger partial charge in [-0.3, -0.25) is 0 Å². The van der Waals surface area contributed by atoms with E-state index < -0.39 is 18.4 Å². The summed E-state index contributed by atoms with van der Waals surface area (Å²) in [6.07, 6.45) is 1.57. The van der Waals surface area contributed by atoms with Crippen LogP contribution in [0.2, 0.25) is 0 Å². The first-order valence-corrected chi connectivity index (χ1v) is 8.70. The van der Waals surface area contributed by atoms with Crippen LogP contribution in [0.25, 0.3) is 22.7 Å². The van der Waals surface area contributed by atoms with Gasteiger partial charge in [-0.25, -0.2) is 14.2 Å². The van der Waals surface area contributed by atoms with Gasteiger partial charge in [0, 0.05) is 4.47 Å². The van der Waals surface area contributed by atoms with Crippen LogP contribution < -0.4 is 9.47 Å². The number of halogens is 2. The molecule has 0 spiro atoms. The SMILES string of the molecule is COc1cc(/C=C(/C#N)c2nc3ccc(F)cc3[nH]2)c(Br)cc1OCC(=O)O. The lowest BCUT2D eigenvalue weighted by Crippen LogP contribution is -2.10. The highest BCUT2D eigenvalue weighted by molar-refractivity contribution is 9.10. The molecule has 0 atom stereocenters. The van der Waals surface area contributed by atoms with E-state index in [2.05, 4.69) is 32.0 Å². The Morgan fingerprint density at radius 2 is 2.18 bits per heavy atom. The van der Waals surface area contributed by atoms with Crippen LogP contribution in [0, 0.1) is 17.1 Å². The van der Waals surface area contributed by atoms with Gasteiger partial charge in [0.1, 0.15) is 17.7 Å². The first kappa shape index (κ1) is 19.4. The molecule has 0 bridgehead atoms. The number of benzene rings is 2. The molecule has 0 aliphatic rings. The van der Waals surface area contributed by atoms with Crippen LogP contribution in [0.1, 0.15) is 11.4 Å². The van der Waals surface area contributed by atoms with Crippen molar-refractivity contribution in [3.8, 4) is 17.6 Å². The van der Waals surface area contributed by atoms with E-state index in [-0.39, 0.29) is 11.3 Å². The number of methoxy groups -OCH3 is 1. The number of carbonyl (C=O) groups is 1. The predicted octanol–water partition coefficient (Wildman–Crippen LogP) is 4.00. The number of rotatable bonds is 6. The summed E-state index contributed by atoms with van der Waals surface area (Å²) in [4.78, 5) is 17.9.